The molecule has 0 N–H and O–H groups in total. The Morgan fingerprint density at radius 1 is 0.671 bits per heavy atom. The molecule has 1 heterocycles. The zero-order chi connectivity index (χ0) is 48.5. The van der Waals surface area contributed by atoms with Gasteiger partial charge >= 0.3 is 11.9 Å². The van der Waals surface area contributed by atoms with Crippen molar-refractivity contribution in [2.75, 3.05) is 26.7 Å². The number of aryl methyl sites for hydroxylation is 1. The molecule has 0 aromatic heterocycles. The molecule has 2 aliphatic rings. The van der Waals surface area contributed by atoms with Crippen LogP contribution in [0, 0.1) is 18.8 Å². The molecule has 70 heavy (non-hydrogen) atoms. The first-order valence-corrected chi connectivity index (χ1v) is 24.4. The van der Waals surface area contributed by atoms with E-state index < -0.39 is 54.2 Å². The van der Waals surface area contributed by atoms with Crippen LogP contribution in [0.15, 0.2) is 158 Å². The van der Waals surface area contributed by atoms with Crippen molar-refractivity contribution < 1.29 is 33.4 Å². The predicted octanol–water partition coefficient (Wildman–Crippen LogP) is 11.5. The molecule has 10 heteroatoms. The minimum atomic E-state index is -1.57. The average Bonchev–Trinajstić information content (AvgIpc) is 3.70. The Labute approximate surface area is 417 Å². The maximum atomic E-state index is 15.2. The molecular formula is C60H63ClN2O7. The maximum Gasteiger partial charge on any atom is 0.308 e. The second kappa shape index (κ2) is 23.2. The van der Waals surface area contributed by atoms with Gasteiger partial charge in [0.2, 0.25) is 11.8 Å². The Bertz CT molecular complexity index is 2730. The highest BCUT2D eigenvalue weighted by molar-refractivity contribution is 6.31. The second-order valence-electron chi connectivity index (χ2n) is 18.5. The van der Waals surface area contributed by atoms with Crippen molar-refractivity contribution in [1.29, 1.82) is 0 Å². The lowest BCUT2D eigenvalue weighted by atomic mass is 9.79. The molecule has 1 aliphatic heterocycles. The Balaban J connectivity index is 0.00000722. The van der Waals surface area contributed by atoms with Gasteiger partial charge in [0.05, 0.1) is 24.8 Å². The molecule has 362 valence electrons. The fourth-order valence-electron chi connectivity index (χ4n) is 10.1. The van der Waals surface area contributed by atoms with Crippen LogP contribution >= 0.6 is 11.6 Å². The van der Waals surface area contributed by atoms with Crippen molar-refractivity contribution in [3.05, 3.63) is 202 Å². The summed E-state index contributed by atoms with van der Waals surface area (Å²) in [4.78, 5) is 75.8. The molecule has 2 amide bonds. The number of benzene rings is 6. The van der Waals surface area contributed by atoms with Crippen LogP contribution in [0.1, 0.15) is 97.7 Å². The second-order valence-corrected chi connectivity index (χ2v) is 18.9. The lowest BCUT2D eigenvalue weighted by Gasteiger charge is -2.36. The fourth-order valence-corrected chi connectivity index (χ4v) is 10.4. The fraction of sp³-hybridized carbons (Fsp3) is 0.317. The van der Waals surface area contributed by atoms with Crippen LogP contribution in [0.5, 0.6) is 0 Å². The van der Waals surface area contributed by atoms with E-state index in [-0.39, 0.29) is 44.5 Å². The molecular weight excluding hydrogens is 896 g/mol. The molecule has 0 radical (unpaired) electrons. The highest BCUT2D eigenvalue weighted by Crippen LogP contribution is 2.46. The molecule has 0 spiro atoms. The molecule has 0 bridgehead atoms. The summed E-state index contributed by atoms with van der Waals surface area (Å²) in [5, 5.41) is 0.357. The van der Waals surface area contributed by atoms with Crippen molar-refractivity contribution in [2.45, 2.75) is 83.8 Å². The highest BCUT2D eigenvalue weighted by Gasteiger charge is 2.44. The monoisotopic (exact) mass is 958 g/mol. The van der Waals surface area contributed by atoms with Gasteiger partial charge in [-0.3, -0.25) is 24.0 Å². The van der Waals surface area contributed by atoms with Crippen LogP contribution in [0.2, 0.25) is 5.02 Å². The summed E-state index contributed by atoms with van der Waals surface area (Å²) in [6.45, 7) is 5.06. The lowest BCUT2D eigenvalue weighted by Crippen LogP contribution is -2.48. The van der Waals surface area contributed by atoms with Gasteiger partial charge in [0.15, 0.2) is 11.4 Å². The zero-order valence-electron chi connectivity index (χ0n) is 39.5. The number of esters is 2. The summed E-state index contributed by atoms with van der Waals surface area (Å²) in [6, 6.07) is 48.5. The number of carbonyl (C=O) groups excluding carboxylic acids is 5. The third kappa shape index (κ3) is 11.3. The number of hydrogen-bond donors (Lipinski definition) is 0. The Kier molecular flexibility index (Phi) is 16.9. The van der Waals surface area contributed by atoms with Gasteiger partial charge in [-0.05, 0) is 66.5 Å². The Hall–Kier alpha value is -6.84. The standard InChI is InChI=1S/C59H59ClN2O7.CH4/c1-40-29-31-45(32-30-40)59(44-21-9-5-10-22-44,51-27-15-16-28-52(51)60)69-56(65)38-43(37-55(64)68-39-50-48-25-13-11-23-46(48)47-24-12-14-26-49(47)50)58(67)61(3)53(36-42-19-7-4-8-20-42)54(63)35-41(2)57(66)62-33-17-6-18-34-62;/h4-5,7-16,19-32,41,43,50,53H,6,17-18,33-39H2,1-3H3;1H4/t41-,43+,53+,59?;/m1./s1. The van der Waals surface area contributed by atoms with Gasteiger partial charge in [0.1, 0.15) is 6.61 Å². The van der Waals surface area contributed by atoms with E-state index in [2.05, 4.69) is 12.1 Å². The predicted molar refractivity (Wildman–Crippen MR) is 275 cm³/mol. The van der Waals surface area contributed by atoms with E-state index in [1.807, 2.05) is 145 Å². The first kappa shape index (κ1) is 51.0. The van der Waals surface area contributed by atoms with E-state index in [4.69, 9.17) is 21.1 Å². The SMILES string of the molecule is C.Cc1ccc(C(OC(=O)C[C@H](CC(=O)OCC2c3ccccc3-c3ccccc32)C(=O)N(C)[C@@H](Cc2ccccc2)C(=O)C[C@@H](C)C(=O)N2CCCCC2)(c2ccccc2)c2ccccc2Cl)cc1. The topological polar surface area (TPSA) is 110 Å². The zero-order valence-corrected chi connectivity index (χ0v) is 40.3. The van der Waals surface area contributed by atoms with Gasteiger partial charge in [0.25, 0.3) is 0 Å². The van der Waals surface area contributed by atoms with Crippen molar-refractivity contribution >= 4 is 41.1 Å². The van der Waals surface area contributed by atoms with Crippen molar-refractivity contribution in [3.8, 4) is 11.1 Å². The molecule has 1 aliphatic carbocycles. The molecule has 6 aromatic rings. The lowest BCUT2D eigenvalue weighted by molar-refractivity contribution is -0.159. The largest absolute Gasteiger partial charge is 0.465 e. The first-order valence-electron chi connectivity index (χ1n) is 24.0. The summed E-state index contributed by atoms with van der Waals surface area (Å²) >= 11 is 7.00. The summed E-state index contributed by atoms with van der Waals surface area (Å²) < 4.78 is 12.8. The molecule has 1 saturated heterocycles. The van der Waals surface area contributed by atoms with E-state index in [0.29, 0.717) is 34.8 Å². The normalized spacial score (nSPS) is 15.2. The third-order valence-electron chi connectivity index (χ3n) is 13.8. The Morgan fingerprint density at radius 3 is 1.84 bits per heavy atom. The molecule has 1 fully saturated rings. The van der Waals surface area contributed by atoms with E-state index in [0.717, 1.165) is 52.6 Å². The van der Waals surface area contributed by atoms with Crippen molar-refractivity contribution in [3.63, 3.8) is 0 Å². The number of Topliss-reactive ketones (excluding diaryl/α,β-unsaturated/α-hetero) is 1. The van der Waals surface area contributed by atoms with Gasteiger partial charge in [0, 0.05) is 60.1 Å². The first-order chi connectivity index (χ1) is 33.4. The number of nitrogens with zero attached hydrogens (tertiary/aromatic N) is 2. The minimum Gasteiger partial charge on any atom is -0.465 e. The van der Waals surface area contributed by atoms with Gasteiger partial charge < -0.3 is 19.3 Å². The molecule has 4 atom stereocenters. The number of rotatable bonds is 18. The number of likely N-dealkylation sites (tertiary alicyclic amines) is 1. The summed E-state index contributed by atoms with van der Waals surface area (Å²) in [5.74, 6) is -4.59. The van der Waals surface area contributed by atoms with Gasteiger partial charge in [-0.1, -0.05) is 183 Å². The van der Waals surface area contributed by atoms with Crippen molar-refractivity contribution in [2.24, 2.45) is 11.8 Å². The quantitative estimate of drug-likeness (QED) is 0.0623. The van der Waals surface area contributed by atoms with Gasteiger partial charge in [-0.25, -0.2) is 0 Å². The number of likely N-dealkylation sites (N-methyl/N-ethyl adjacent to an activating group) is 1. The number of amides is 2. The number of piperidine rings is 1. The molecule has 8 rings (SSSR count). The number of hydrogen-bond acceptors (Lipinski definition) is 7. The molecule has 9 nitrogen and oxygen atoms in total. The summed E-state index contributed by atoms with van der Waals surface area (Å²) in [7, 11) is 1.53. The summed E-state index contributed by atoms with van der Waals surface area (Å²) in [6.07, 6.45) is 1.97. The van der Waals surface area contributed by atoms with Gasteiger partial charge in [-0.15, -0.1) is 0 Å². The van der Waals surface area contributed by atoms with Gasteiger partial charge in [-0.2, -0.15) is 0 Å². The number of ketones is 1. The number of halogens is 1. The van der Waals surface area contributed by atoms with Crippen LogP contribution in [-0.4, -0.2) is 72.1 Å². The minimum absolute atomic E-state index is 0. The maximum absolute atomic E-state index is 15.2. The third-order valence-corrected chi connectivity index (χ3v) is 14.1. The smallest absolute Gasteiger partial charge is 0.308 e. The van der Waals surface area contributed by atoms with Crippen LogP contribution in [0.3, 0.4) is 0 Å². The Morgan fingerprint density at radius 2 is 1.21 bits per heavy atom. The van der Waals surface area contributed by atoms with E-state index in [9.17, 15) is 19.2 Å². The van der Waals surface area contributed by atoms with Crippen LogP contribution in [0.4, 0.5) is 0 Å². The number of carbonyl (C=O) groups is 5. The van der Waals surface area contributed by atoms with Crippen LogP contribution in [0.25, 0.3) is 11.1 Å². The molecule has 0 saturated carbocycles. The van der Waals surface area contributed by atoms with Crippen LogP contribution < -0.4 is 0 Å². The molecule has 6 aromatic carbocycles. The van der Waals surface area contributed by atoms with E-state index >= 15 is 4.79 Å². The van der Waals surface area contributed by atoms with E-state index in [1.165, 1.54) is 11.9 Å². The highest BCUT2D eigenvalue weighted by atomic mass is 35.5. The number of fused-ring (bicyclic) bond motifs is 3. The average molecular weight is 960 g/mol. The van der Waals surface area contributed by atoms with Crippen LogP contribution in [-0.2, 0) is 45.5 Å². The summed E-state index contributed by atoms with van der Waals surface area (Å²) in [5.41, 5.74) is 6.19. The van der Waals surface area contributed by atoms with E-state index in [1.54, 1.807) is 19.1 Å². The number of ether oxygens (including phenoxy) is 2. The molecule has 1 unspecified atom stereocenters. The van der Waals surface area contributed by atoms with Crippen molar-refractivity contribution in [1.82, 2.24) is 9.80 Å².